The van der Waals surface area contributed by atoms with E-state index in [-0.39, 0.29) is 18.4 Å². The molecule has 0 bridgehead atoms. The average Bonchev–Trinajstić information content (AvgIpc) is 3.51. The molecule has 1 amide bonds. The van der Waals surface area contributed by atoms with E-state index in [9.17, 15) is 9.59 Å². The zero-order valence-corrected chi connectivity index (χ0v) is 20.6. The van der Waals surface area contributed by atoms with E-state index in [1.54, 1.807) is 33.3 Å². The maximum Gasteiger partial charge on any atom is 0.338 e. The van der Waals surface area contributed by atoms with E-state index in [4.69, 9.17) is 18.9 Å². The lowest BCUT2D eigenvalue weighted by molar-refractivity contribution is -0.136. The molecule has 0 saturated carbocycles. The van der Waals surface area contributed by atoms with Gasteiger partial charge in [-0.3, -0.25) is 4.79 Å². The lowest BCUT2D eigenvalue weighted by atomic mass is 9.93. The van der Waals surface area contributed by atoms with E-state index in [0.29, 0.717) is 40.0 Å². The number of amides is 1. The van der Waals surface area contributed by atoms with Crippen LogP contribution in [0.2, 0.25) is 0 Å². The van der Waals surface area contributed by atoms with E-state index in [0.717, 1.165) is 25.1 Å². The number of rotatable bonds is 8. The molecule has 3 aliphatic rings. The molecule has 1 saturated heterocycles. The number of fused-ring (bicyclic) bond motifs is 1. The molecule has 10 heteroatoms. The topological polar surface area (TPSA) is 98.7 Å². The number of nitrogens with zero attached hydrogens (tertiary/aromatic N) is 2. The van der Waals surface area contributed by atoms with Gasteiger partial charge in [0.05, 0.1) is 51.2 Å². The number of carbonyl (C=O) groups is 2. The van der Waals surface area contributed by atoms with Crippen molar-refractivity contribution in [3.8, 4) is 11.5 Å². The molecule has 1 fully saturated rings. The summed E-state index contributed by atoms with van der Waals surface area (Å²) in [5, 5.41) is 5.55. The molecule has 1 aromatic carbocycles. The standard InChI is InChI=1S/C24H29N3O6S/c1-14-21(23(29)32-4)22(18-11-16(30-2)7-8-19(18)31-3)27-15(13-34-24(27)26-14)10-20(28)25-12-17-6-5-9-33-17/h7-8,11,13,17,22H,5-6,9-10,12H2,1-4H3,(H,25,28). The third-order valence-electron chi connectivity index (χ3n) is 6.03. The minimum Gasteiger partial charge on any atom is -0.497 e. The number of allylic oxidation sites excluding steroid dienone is 1. The monoisotopic (exact) mass is 487 g/mol. The number of benzene rings is 1. The number of hydrogen-bond acceptors (Lipinski definition) is 9. The Morgan fingerprint density at radius 2 is 2.09 bits per heavy atom. The summed E-state index contributed by atoms with van der Waals surface area (Å²) in [7, 11) is 4.50. The Morgan fingerprint density at radius 3 is 2.76 bits per heavy atom. The van der Waals surface area contributed by atoms with Gasteiger partial charge in [0.1, 0.15) is 11.5 Å². The van der Waals surface area contributed by atoms with Crippen molar-refractivity contribution >= 4 is 28.8 Å². The second-order valence-electron chi connectivity index (χ2n) is 8.11. The first kappa shape index (κ1) is 24.2. The summed E-state index contributed by atoms with van der Waals surface area (Å²) in [6, 6.07) is 4.82. The van der Waals surface area contributed by atoms with Gasteiger partial charge in [-0.2, -0.15) is 0 Å². The number of nitrogens with one attached hydrogen (secondary N) is 1. The van der Waals surface area contributed by atoms with Crippen LogP contribution in [0, 0.1) is 0 Å². The fourth-order valence-corrected chi connectivity index (χ4v) is 5.31. The maximum absolute atomic E-state index is 12.9. The molecule has 0 aliphatic carbocycles. The number of methoxy groups -OCH3 is 3. The van der Waals surface area contributed by atoms with E-state index in [2.05, 4.69) is 10.3 Å². The zero-order valence-electron chi connectivity index (χ0n) is 19.8. The molecule has 9 nitrogen and oxygen atoms in total. The molecule has 0 spiro atoms. The van der Waals surface area contributed by atoms with E-state index in [1.165, 1.54) is 18.9 Å². The Hall–Kier alpha value is -2.98. The van der Waals surface area contributed by atoms with Crippen LogP contribution in [0.3, 0.4) is 0 Å². The Bertz CT molecular complexity index is 1060. The molecule has 2 unspecified atom stereocenters. The van der Waals surface area contributed by atoms with Crippen molar-refractivity contribution in [3.63, 3.8) is 0 Å². The lowest BCUT2D eigenvalue weighted by Crippen LogP contribution is -2.38. The maximum atomic E-state index is 12.9. The first-order valence-corrected chi connectivity index (χ1v) is 12.0. The highest BCUT2D eigenvalue weighted by atomic mass is 32.2. The van der Waals surface area contributed by atoms with Crippen molar-refractivity contribution in [2.45, 2.75) is 38.3 Å². The third-order valence-corrected chi connectivity index (χ3v) is 6.92. The fraction of sp³-hybridized carbons (Fsp3) is 0.458. The summed E-state index contributed by atoms with van der Waals surface area (Å²) in [6.45, 7) is 3.00. The smallest absolute Gasteiger partial charge is 0.338 e. The second kappa shape index (κ2) is 10.5. The van der Waals surface area contributed by atoms with Crippen LogP contribution < -0.4 is 14.8 Å². The summed E-state index contributed by atoms with van der Waals surface area (Å²) >= 11 is 1.42. The van der Waals surface area contributed by atoms with Crippen LogP contribution in [-0.2, 0) is 19.1 Å². The van der Waals surface area contributed by atoms with Crippen LogP contribution in [0.15, 0.2) is 45.6 Å². The van der Waals surface area contributed by atoms with Gasteiger partial charge in [0.2, 0.25) is 5.91 Å². The van der Waals surface area contributed by atoms with Crippen LogP contribution in [0.4, 0.5) is 0 Å². The zero-order chi connectivity index (χ0) is 24.2. The molecule has 0 aromatic heterocycles. The summed E-state index contributed by atoms with van der Waals surface area (Å²) in [6.07, 6.45) is 2.16. The van der Waals surface area contributed by atoms with E-state index < -0.39 is 12.0 Å². The van der Waals surface area contributed by atoms with Gasteiger partial charge in [-0.05, 0) is 43.4 Å². The SMILES string of the molecule is COC(=O)C1=C(C)N=C2SC=C(CC(=O)NCC3CCCO3)N2C1c1cc(OC)ccc1OC. The van der Waals surface area contributed by atoms with Crippen LogP contribution >= 0.6 is 11.8 Å². The van der Waals surface area contributed by atoms with Gasteiger partial charge in [0.25, 0.3) is 0 Å². The molecule has 1 aromatic rings. The van der Waals surface area contributed by atoms with Crippen LogP contribution in [0.25, 0.3) is 0 Å². The van der Waals surface area contributed by atoms with Gasteiger partial charge in [0, 0.05) is 24.4 Å². The summed E-state index contributed by atoms with van der Waals surface area (Å²) in [4.78, 5) is 32.3. The average molecular weight is 488 g/mol. The second-order valence-corrected chi connectivity index (χ2v) is 8.94. The van der Waals surface area contributed by atoms with Gasteiger partial charge in [-0.15, -0.1) is 0 Å². The van der Waals surface area contributed by atoms with Crippen molar-refractivity contribution < 1.29 is 28.5 Å². The van der Waals surface area contributed by atoms with Gasteiger partial charge in [0.15, 0.2) is 5.17 Å². The lowest BCUT2D eigenvalue weighted by Gasteiger charge is -2.36. The van der Waals surface area contributed by atoms with E-state index in [1.807, 2.05) is 16.4 Å². The molecule has 3 heterocycles. The van der Waals surface area contributed by atoms with Crippen molar-refractivity contribution in [3.05, 3.63) is 46.1 Å². The Kier molecular flexibility index (Phi) is 7.47. The predicted molar refractivity (Wildman–Crippen MR) is 129 cm³/mol. The Morgan fingerprint density at radius 1 is 1.26 bits per heavy atom. The molecule has 1 N–H and O–H groups in total. The minimum atomic E-state index is -0.600. The normalized spacial score (nSPS) is 21.6. The highest BCUT2D eigenvalue weighted by Gasteiger charge is 2.42. The molecular formula is C24H29N3O6S. The summed E-state index contributed by atoms with van der Waals surface area (Å²) in [5.74, 6) is 0.592. The number of thioether (sulfide) groups is 1. The number of hydrogen-bond donors (Lipinski definition) is 1. The molecule has 34 heavy (non-hydrogen) atoms. The Balaban J connectivity index is 1.67. The van der Waals surface area contributed by atoms with Gasteiger partial charge < -0.3 is 29.2 Å². The van der Waals surface area contributed by atoms with Gasteiger partial charge >= 0.3 is 5.97 Å². The molecule has 182 valence electrons. The number of esters is 1. The highest BCUT2D eigenvalue weighted by molar-refractivity contribution is 8.16. The first-order chi connectivity index (χ1) is 16.5. The van der Waals surface area contributed by atoms with Crippen LogP contribution in [0.5, 0.6) is 11.5 Å². The number of carbonyl (C=O) groups excluding carboxylic acids is 2. The Labute approximate surface area is 203 Å². The first-order valence-electron chi connectivity index (χ1n) is 11.1. The van der Waals surface area contributed by atoms with Crippen LogP contribution in [0.1, 0.15) is 37.8 Å². The molecule has 0 radical (unpaired) electrons. The van der Waals surface area contributed by atoms with Crippen molar-refractivity contribution in [2.24, 2.45) is 4.99 Å². The molecule has 4 rings (SSSR count). The summed E-state index contributed by atoms with van der Waals surface area (Å²) in [5.41, 5.74) is 2.38. The molecular weight excluding hydrogens is 458 g/mol. The van der Waals surface area contributed by atoms with Crippen LogP contribution in [-0.4, -0.2) is 62.5 Å². The van der Waals surface area contributed by atoms with Crippen molar-refractivity contribution in [1.82, 2.24) is 10.2 Å². The highest BCUT2D eigenvalue weighted by Crippen LogP contribution is 2.47. The fourth-order valence-electron chi connectivity index (χ4n) is 4.35. The minimum absolute atomic E-state index is 0.0632. The number of ether oxygens (including phenoxy) is 4. The quantitative estimate of drug-likeness (QED) is 0.559. The van der Waals surface area contributed by atoms with Gasteiger partial charge in [-0.1, -0.05) is 11.8 Å². The largest absolute Gasteiger partial charge is 0.497 e. The molecule has 2 atom stereocenters. The summed E-state index contributed by atoms with van der Waals surface area (Å²) < 4.78 is 21.8. The van der Waals surface area contributed by atoms with Crippen molar-refractivity contribution in [1.29, 1.82) is 0 Å². The number of amidine groups is 1. The van der Waals surface area contributed by atoms with Gasteiger partial charge in [-0.25, -0.2) is 9.79 Å². The molecule has 3 aliphatic heterocycles. The van der Waals surface area contributed by atoms with Crippen molar-refractivity contribution in [2.75, 3.05) is 34.5 Å². The predicted octanol–water partition coefficient (Wildman–Crippen LogP) is 3.14. The third kappa shape index (κ3) is 4.78. The number of aliphatic imine (C=N–C) groups is 1. The van der Waals surface area contributed by atoms with E-state index >= 15 is 0 Å².